The lowest BCUT2D eigenvalue weighted by atomic mass is 10.2. The van der Waals surface area contributed by atoms with Crippen molar-refractivity contribution in [1.29, 1.82) is 5.26 Å². The Labute approximate surface area is 104 Å². The van der Waals surface area contributed by atoms with Gasteiger partial charge < -0.3 is 4.90 Å². The van der Waals surface area contributed by atoms with Crippen LogP contribution in [0.25, 0.3) is 0 Å². The lowest BCUT2D eigenvalue weighted by Crippen LogP contribution is -2.40. The Morgan fingerprint density at radius 3 is 3.12 bits per heavy atom. The minimum Gasteiger partial charge on any atom is -0.352 e. The number of nitriles is 1. The number of rotatable bonds is 1. The third kappa shape index (κ3) is 2.42. The highest BCUT2D eigenvalue weighted by Crippen LogP contribution is 2.24. The largest absolute Gasteiger partial charge is 0.352 e. The number of pyridine rings is 1. The van der Waals surface area contributed by atoms with Crippen LogP contribution in [0.4, 0.5) is 5.82 Å². The van der Waals surface area contributed by atoms with Gasteiger partial charge in [0.2, 0.25) is 0 Å². The summed E-state index contributed by atoms with van der Waals surface area (Å²) in [5, 5.41) is 9.28. The van der Waals surface area contributed by atoms with Crippen LogP contribution in [-0.4, -0.2) is 29.1 Å². The molecule has 0 saturated carbocycles. The van der Waals surface area contributed by atoms with Crippen LogP contribution in [0, 0.1) is 11.3 Å². The first-order valence-electron chi connectivity index (χ1n) is 5.13. The summed E-state index contributed by atoms with van der Waals surface area (Å²) in [6.07, 6.45) is 0. The minimum atomic E-state index is 0.388. The van der Waals surface area contributed by atoms with Gasteiger partial charge in [-0.1, -0.05) is 11.6 Å². The van der Waals surface area contributed by atoms with E-state index in [1.807, 2.05) is 11.8 Å². The molecule has 5 heteroatoms. The smallest absolute Gasteiger partial charge is 0.132 e. The van der Waals surface area contributed by atoms with Crippen LogP contribution in [0.3, 0.4) is 0 Å². The molecular formula is C11H12ClN3S. The van der Waals surface area contributed by atoms with E-state index in [9.17, 15) is 0 Å². The summed E-state index contributed by atoms with van der Waals surface area (Å²) >= 11 is 7.85. The van der Waals surface area contributed by atoms with Crippen LogP contribution in [0.15, 0.2) is 12.1 Å². The molecule has 84 valence electrons. The van der Waals surface area contributed by atoms with E-state index in [0.717, 1.165) is 23.9 Å². The Bertz CT molecular complexity index is 430. The number of hydrogen-bond donors (Lipinski definition) is 0. The van der Waals surface area contributed by atoms with E-state index in [1.165, 1.54) is 0 Å². The SMILES string of the molecule is CC1CSCCN1c1cc(C#N)cc(Cl)n1. The number of thioether (sulfide) groups is 1. The number of aromatic nitrogens is 1. The van der Waals surface area contributed by atoms with Gasteiger partial charge in [0.1, 0.15) is 11.0 Å². The van der Waals surface area contributed by atoms with E-state index in [0.29, 0.717) is 16.8 Å². The van der Waals surface area contributed by atoms with Crippen LogP contribution >= 0.6 is 23.4 Å². The van der Waals surface area contributed by atoms with E-state index in [4.69, 9.17) is 16.9 Å². The zero-order valence-corrected chi connectivity index (χ0v) is 10.6. The van der Waals surface area contributed by atoms with Crippen molar-refractivity contribution in [3.05, 3.63) is 22.8 Å². The average molecular weight is 254 g/mol. The molecule has 0 bridgehead atoms. The summed E-state index contributed by atoms with van der Waals surface area (Å²) in [7, 11) is 0. The van der Waals surface area contributed by atoms with Gasteiger partial charge in [-0.15, -0.1) is 0 Å². The lowest BCUT2D eigenvalue weighted by Gasteiger charge is -2.34. The van der Waals surface area contributed by atoms with Gasteiger partial charge in [0.15, 0.2) is 0 Å². The minimum absolute atomic E-state index is 0.388. The molecule has 0 radical (unpaired) electrons. The maximum atomic E-state index is 8.89. The number of halogens is 1. The molecule has 1 atom stereocenters. The maximum absolute atomic E-state index is 8.89. The highest BCUT2D eigenvalue weighted by atomic mass is 35.5. The molecule has 0 spiro atoms. The molecular weight excluding hydrogens is 242 g/mol. The fourth-order valence-electron chi connectivity index (χ4n) is 1.76. The van der Waals surface area contributed by atoms with Gasteiger partial charge in [-0.05, 0) is 19.1 Å². The fourth-order valence-corrected chi connectivity index (χ4v) is 2.98. The van der Waals surface area contributed by atoms with Crippen LogP contribution in [0.5, 0.6) is 0 Å². The molecule has 3 nitrogen and oxygen atoms in total. The van der Waals surface area contributed by atoms with Crippen molar-refractivity contribution < 1.29 is 0 Å². The second-order valence-electron chi connectivity index (χ2n) is 3.77. The molecule has 16 heavy (non-hydrogen) atoms. The molecule has 0 aromatic carbocycles. The third-order valence-electron chi connectivity index (χ3n) is 2.57. The van der Waals surface area contributed by atoms with E-state index < -0.39 is 0 Å². The molecule has 2 rings (SSSR count). The standard InChI is InChI=1S/C11H12ClN3S/c1-8-7-16-3-2-15(8)11-5-9(6-13)4-10(12)14-11/h4-5,8H,2-3,7H2,1H3. The molecule has 1 aliphatic rings. The first kappa shape index (κ1) is 11.6. The van der Waals surface area contributed by atoms with Gasteiger partial charge in [0, 0.05) is 24.1 Å². The molecule has 0 amide bonds. The van der Waals surface area contributed by atoms with Gasteiger partial charge in [-0.2, -0.15) is 17.0 Å². The molecule has 1 aromatic heterocycles. The van der Waals surface area contributed by atoms with E-state index in [2.05, 4.69) is 22.9 Å². The normalized spacial score (nSPS) is 20.6. The van der Waals surface area contributed by atoms with Crippen LogP contribution in [-0.2, 0) is 0 Å². The summed E-state index contributed by atoms with van der Waals surface area (Å²) in [4.78, 5) is 6.50. The predicted octanol–water partition coefficient (Wildman–Crippen LogP) is 2.55. The Hall–Kier alpha value is -0.920. The highest BCUT2D eigenvalue weighted by molar-refractivity contribution is 7.99. The Kier molecular flexibility index (Phi) is 3.57. The zero-order valence-electron chi connectivity index (χ0n) is 8.98. The fraction of sp³-hybridized carbons (Fsp3) is 0.455. The van der Waals surface area contributed by atoms with E-state index >= 15 is 0 Å². The highest BCUT2D eigenvalue weighted by Gasteiger charge is 2.20. The second-order valence-corrected chi connectivity index (χ2v) is 5.30. The van der Waals surface area contributed by atoms with Gasteiger partial charge in [0.25, 0.3) is 0 Å². The summed E-state index contributed by atoms with van der Waals surface area (Å²) in [6, 6.07) is 5.94. The molecule has 1 aliphatic heterocycles. The van der Waals surface area contributed by atoms with Gasteiger partial charge in [-0.25, -0.2) is 4.98 Å². The van der Waals surface area contributed by atoms with Gasteiger partial charge >= 0.3 is 0 Å². The Morgan fingerprint density at radius 1 is 1.62 bits per heavy atom. The molecule has 1 saturated heterocycles. The summed E-state index contributed by atoms with van der Waals surface area (Å²) in [5.74, 6) is 3.01. The topological polar surface area (TPSA) is 39.9 Å². The summed E-state index contributed by atoms with van der Waals surface area (Å²) in [5.41, 5.74) is 0.570. The van der Waals surface area contributed by atoms with Crippen LogP contribution < -0.4 is 4.90 Å². The van der Waals surface area contributed by atoms with Crippen molar-refractivity contribution in [2.24, 2.45) is 0 Å². The van der Waals surface area contributed by atoms with Gasteiger partial charge in [0.05, 0.1) is 11.6 Å². The predicted molar refractivity (Wildman–Crippen MR) is 68.1 cm³/mol. The van der Waals surface area contributed by atoms with Crippen molar-refractivity contribution >= 4 is 29.2 Å². The van der Waals surface area contributed by atoms with Crippen molar-refractivity contribution in [2.75, 3.05) is 23.0 Å². The molecule has 1 unspecified atom stereocenters. The number of nitrogens with zero attached hydrogens (tertiary/aromatic N) is 3. The summed E-state index contributed by atoms with van der Waals surface area (Å²) < 4.78 is 0. The molecule has 1 aromatic rings. The average Bonchev–Trinajstić information content (AvgIpc) is 2.28. The van der Waals surface area contributed by atoms with Crippen LogP contribution in [0.2, 0.25) is 5.15 Å². The number of anilines is 1. The lowest BCUT2D eigenvalue weighted by molar-refractivity contribution is 0.690. The monoisotopic (exact) mass is 253 g/mol. The number of hydrogen-bond acceptors (Lipinski definition) is 4. The first-order chi connectivity index (χ1) is 7.70. The quantitative estimate of drug-likeness (QED) is 0.722. The van der Waals surface area contributed by atoms with Crippen molar-refractivity contribution in [3.63, 3.8) is 0 Å². The van der Waals surface area contributed by atoms with E-state index in [-0.39, 0.29) is 0 Å². The maximum Gasteiger partial charge on any atom is 0.132 e. The summed E-state index contributed by atoms with van der Waals surface area (Å²) in [6.45, 7) is 3.13. The van der Waals surface area contributed by atoms with Gasteiger partial charge in [-0.3, -0.25) is 0 Å². The van der Waals surface area contributed by atoms with Crippen molar-refractivity contribution in [2.45, 2.75) is 13.0 Å². The van der Waals surface area contributed by atoms with Crippen LogP contribution in [0.1, 0.15) is 12.5 Å². The first-order valence-corrected chi connectivity index (χ1v) is 6.66. The molecule has 1 fully saturated rings. The molecule has 0 N–H and O–H groups in total. The Balaban J connectivity index is 2.32. The second kappa shape index (κ2) is 4.94. The van der Waals surface area contributed by atoms with Crippen molar-refractivity contribution in [3.8, 4) is 6.07 Å². The van der Waals surface area contributed by atoms with Crippen molar-refractivity contribution in [1.82, 2.24) is 4.98 Å². The van der Waals surface area contributed by atoms with E-state index in [1.54, 1.807) is 12.1 Å². The third-order valence-corrected chi connectivity index (χ3v) is 3.95. The molecule has 0 aliphatic carbocycles. The Morgan fingerprint density at radius 2 is 2.44 bits per heavy atom. The molecule has 2 heterocycles. The zero-order chi connectivity index (χ0) is 11.5.